The highest BCUT2D eigenvalue weighted by atomic mass is 32.2. The van der Waals surface area contributed by atoms with Crippen molar-refractivity contribution in [2.75, 3.05) is 18.5 Å². The minimum atomic E-state index is -3.36. The van der Waals surface area contributed by atoms with Crippen LogP contribution < -0.4 is 10.6 Å². The summed E-state index contributed by atoms with van der Waals surface area (Å²) in [5.74, 6) is -0.313. The van der Waals surface area contributed by atoms with Crippen LogP contribution in [0.2, 0.25) is 0 Å². The third kappa shape index (κ3) is 5.45. The lowest BCUT2D eigenvalue weighted by Crippen LogP contribution is -2.28. The first kappa shape index (κ1) is 19.2. The number of ether oxygens (including phenoxy) is 1. The second-order valence-corrected chi connectivity index (χ2v) is 8.15. The van der Waals surface area contributed by atoms with Gasteiger partial charge in [-0.3, -0.25) is 4.79 Å². The number of benzene rings is 1. The van der Waals surface area contributed by atoms with Gasteiger partial charge in [-0.05, 0) is 38.0 Å². The quantitative estimate of drug-likeness (QED) is 0.770. The Hall–Kier alpha value is -2.09. The molecule has 0 saturated heterocycles. The zero-order valence-electron chi connectivity index (χ0n) is 14.3. The average molecular weight is 368 g/mol. The maximum atomic E-state index is 12.6. The van der Waals surface area contributed by atoms with E-state index in [-0.39, 0.29) is 35.6 Å². The van der Waals surface area contributed by atoms with Gasteiger partial charge in [0, 0.05) is 18.7 Å². The molecule has 0 atom stereocenters. The number of sulfone groups is 1. The molecule has 8 heteroatoms. The molecule has 0 heterocycles. The number of hydrogen-bond acceptors (Lipinski definition) is 5. The summed E-state index contributed by atoms with van der Waals surface area (Å²) in [5.41, 5.74) is 0.431. The van der Waals surface area contributed by atoms with Crippen molar-refractivity contribution in [2.24, 2.45) is 0 Å². The Bertz CT molecular complexity index is 712. The van der Waals surface area contributed by atoms with E-state index in [1.54, 1.807) is 25.1 Å². The van der Waals surface area contributed by atoms with Gasteiger partial charge < -0.3 is 15.4 Å². The Labute approximate surface area is 148 Å². The molecular formula is C17H24N2O5S. The molecule has 1 fully saturated rings. The number of carbonyl (C=O) groups excluding carboxylic acids is 2. The van der Waals surface area contributed by atoms with Crippen LogP contribution in [0.3, 0.4) is 0 Å². The van der Waals surface area contributed by atoms with Crippen molar-refractivity contribution in [3.05, 3.63) is 24.3 Å². The van der Waals surface area contributed by atoms with Crippen molar-refractivity contribution < 1.29 is 22.7 Å². The van der Waals surface area contributed by atoms with Gasteiger partial charge in [0.15, 0.2) is 9.84 Å². The number of alkyl carbamates (subject to hydrolysis) is 1. The van der Waals surface area contributed by atoms with Crippen molar-refractivity contribution in [3.8, 4) is 0 Å². The monoisotopic (exact) mass is 368 g/mol. The first-order valence-electron chi connectivity index (χ1n) is 8.48. The SMILES string of the molecule is CCOC(=O)NCCC(=O)Nc1cccc(S(=O)(=O)C2CCCC2)c1. The van der Waals surface area contributed by atoms with Gasteiger partial charge in [-0.2, -0.15) is 0 Å². The van der Waals surface area contributed by atoms with Crippen LogP contribution in [-0.2, 0) is 19.4 Å². The molecule has 1 aromatic rings. The standard InChI is InChI=1S/C17H24N2O5S/c1-2-24-17(21)18-11-10-16(20)19-13-6-5-9-15(12-13)25(22,23)14-7-3-4-8-14/h5-6,9,12,14H,2-4,7-8,10-11H2,1H3,(H,18,21)(H,19,20). The molecule has 7 nitrogen and oxygen atoms in total. The Morgan fingerprint density at radius 1 is 1.24 bits per heavy atom. The van der Waals surface area contributed by atoms with Gasteiger partial charge in [0.25, 0.3) is 0 Å². The van der Waals surface area contributed by atoms with Crippen LogP contribution in [0.25, 0.3) is 0 Å². The molecule has 0 bridgehead atoms. The van der Waals surface area contributed by atoms with Crippen LogP contribution in [0.5, 0.6) is 0 Å². The number of amides is 2. The molecule has 0 radical (unpaired) electrons. The second kappa shape index (κ2) is 8.84. The average Bonchev–Trinajstić information content (AvgIpc) is 3.10. The summed E-state index contributed by atoms with van der Waals surface area (Å²) in [6.45, 7) is 2.10. The fourth-order valence-corrected chi connectivity index (χ4v) is 4.72. The molecule has 2 amide bonds. The zero-order valence-corrected chi connectivity index (χ0v) is 15.1. The van der Waals surface area contributed by atoms with E-state index in [9.17, 15) is 18.0 Å². The first-order chi connectivity index (χ1) is 11.9. The summed E-state index contributed by atoms with van der Waals surface area (Å²) in [7, 11) is -3.36. The maximum Gasteiger partial charge on any atom is 0.407 e. The Balaban J connectivity index is 1.92. The van der Waals surface area contributed by atoms with Gasteiger partial charge in [-0.15, -0.1) is 0 Å². The van der Waals surface area contributed by atoms with E-state index < -0.39 is 15.9 Å². The van der Waals surface area contributed by atoms with E-state index in [2.05, 4.69) is 10.6 Å². The van der Waals surface area contributed by atoms with Crippen LogP contribution in [0.4, 0.5) is 10.5 Å². The molecule has 1 aliphatic carbocycles. The van der Waals surface area contributed by atoms with E-state index in [0.29, 0.717) is 18.5 Å². The number of rotatable bonds is 7. The van der Waals surface area contributed by atoms with Crippen LogP contribution >= 0.6 is 0 Å². The van der Waals surface area contributed by atoms with Crippen LogP contribution in [-0.4, -0.2) is 38.8 Å². The van der Waals surface area contributed by atoms with Crippen molar-refractivity contribution in [1.82, 2.24) is 5.32 Å². The Morgan fingerprint density at radius 2 is 1.96 bits per heavy atom. The summed E-state index contributed by atoms with van der Waals surface area (Å²) in [6, 6.07) is 6.31. The highest BCUT2D eigenvalue weighted by molar-refractivity contribution is 7.92. The third-order valence-corrected chi connectivity index (χ3v) is 6.34. The highest BCUT2D eigenvalue weighted by Crippen LogP contribution is 2.30. The Kier molecular flexibility index (Phi) is 6.81. The van der Waals surface area contributed by atoms with Gasteiger partial charge in [0.2, 0.25) is 5.91 Å². The minimum Gasteiger partial charge on any atom is -0.450 e. The summed E-state index contributed by atoms with van der Waals surface area (Å²) in [4.78, 5) is 23.3. The summed E-state index contributed by atoms with van der Waals surface area (Å²) in [6.07, 6.45) is 2.76. The van der Waals surface area contributed by atoms with Crippen molar-refractivity contribution >= 4 is 27.5 Å². The fourth-order valence-electron chi connectivity index (χ4n) is 2.83. The fraction of sp³-hybridized carbons (Fsp3) is 0.529. The molecule has 1 saturated carbocycles. The molecule has 1 aromatic carbocycles. The maximum absolute atomic E-state index is 12.6. The van der Waals surface area contributed by atoms with Gasteiger partial charge >= 0.3 is 6.09 Å². The molecule has 25 heavy (non-hydrogen) atoms. The lowest BCUT2D eigenvalue weighted by Gasteiger charge is -2.12. The number of carbonyl (C=O) groups is 2. The van der Waals surface area contributed by atoms with Crippen molar-refractivity contribution in [2.45, 2.75) is 49.2 Å². The van der Waals surface area contributed by atoms with Gasteiger partial charge in [-0.1, -0.05) is 18.9 Å². The van der Waals surface area contributed by atoms with Gasteiger partial charge in [0.1, 0.15) is 0 Å². The van der Waals surface area contributed by atoms with E-state index >= 15 is 0 Å². The number of anilines is 1. The lowest BCUT2D eigenvalue weighted by molar-refractivity contribution is -0.116. The number of nitrogens with one attached hydrogen (secondary N) is 2. The van der Waals surface area contributed by atoms with E-state index in [1.165, 1.54) is 6.07 Å². The van der Waals surface area contributed by atoms with Crippen LogP contribution in [0, 0.1) is 0 Å². The minimum absolute atomic E-state index is 0.0679. The van der Waals surface area contributed by atoms with Gasteiger partial charge in [-0.25, -0.2) is 13.2 Å². The molecule has 2 N–H and O–H groups in total. The van der Waals surface area contributed by atoms with Crippen molar-refractivity contribution in [1.29, 1.82) is 0 Å². The summed E-state index contributed by atoms with van der Waals surface area (Å²) >= 11 is 0. The highest BCUT2D eigenvalue weighted by Gasteiger charge is 2.30. The first-order valence-corrected chi connectivity index (χ1v) is 10.0. The molecule has 2 rings (SSSR count). The second-order valence-electron chi connectivity index (χ2n) is 5.92. The van der Waals surface area contributed by atoms with Crippen molar-refractivity contribution in [3.63, 3.8) is 0 Å². The molecule has 0 unspecified atom stereocenters. The Morgan fingerprint density at radius 3 is 2.64 bits per heavy atom. The van der Waals surface area contributed by atoms with Crippen LogP contribution in [0.1, 0.15) is 39.0 Å². The van der Waals surface area contributed by atoms with E-state index in [1.807, 2.05) is 0 Å². The van der Waals surface area contributed by atoms with E-state index in [0.717, 1.165) is 12.8 Å². The topological polar surface area (TPSA) is 102 Å². The van der Waals surface area contributed by atoms with Gasteiger partial charge in [0.05, 0.1) is 16.8 Å². The normalized spacial score (nSPS) is 14.9. The molecule has 0 aliphatic heterocycles. The predicted molar refractivity (Wildman–Crippen MR) is 94.2 cm³/mol. The largest absolute Gasteiger partial charge is 0.450 e. The molecule has 0 spiro atoms. The molecule has 0 aromatic heterocycles. The number of hydrogen-bond donors (Lipinski definition) is 2. The zero-order chi connectivity index (χ0) is 18.3. The molecule has 138 valence electrons. The lowest BCUT2D eigenvalue weighted by atomic mass is 10.3. The molecular weight excluding hydrogens is 344 g/mol. The third-order valence-electron chi connectivity index (χ3n) is 4.08. The summed E-state index contributed by atoms with van der Waals surface area (Å²) in [5, 5.41) is 4.78. The van der Waals surface area contributed by atoms with E-state index in [4.69, 9.17) is 4.74 Å². The smallest absolute Gasteiger partial charge is 0.407 e. The molecule has 1 aliphatic rings. The van der Waals surface area contributed by atoms with Crippen LogP contribution in [0.15, 0.2) is 29.2 Å². The predicted octanol–water partition coefficient (Wildman–Crippen LogP) is 2.48. The summed E-state index contributed by atoms with van der Waals surface area (Å²) < 4.78 is 29.9.